The molecule has 1 saturated heterocycles. The molecule has 0 aliphatic carbocycles. The van der Waals surface area contributed by atoms with Crippen molar-refractivity contribution in [1.82, 2.24) is 4.90 Å². The predicted molar refractivity (Wildman–Crippen MR) is 77.1 cm³/mol. The molecule has 1 fully saturated rings. The molecular weight excluding hydrogens is 238 g/mol. The van der Waals surface area contributed by atoms with Gasteiger partial charge in [0.05, 0.1) is 7.11 Å². The van der Waals surface area contributed by atoms with Crippen molar-refractivity contribution in [3.05, 3.63) is 35.9 Å². The molecule has 3 nitrogen and oxygen atoms in total. The van der Waals surface area contributed by atoms with Crippen molar-refractivity contribution in [1.29, 1.82) is 0 Å². The number of nitrogens with zero attached hydrogens (tertiary/aromatic N) is 1. The largest absolute Gasteiger partial charge is 0.496 e. The first-order valence-corrected chi connectivity index (χ1v) is 6.91. The van der Waals surface area contributed by atoms with Gasteiger partial charge in [-0.15, -0.1) is 0 Å². The maximum Gasteiger partial charge on any atom is 0.246 e. The summed E-state index contributed by atoms with van der Waals surface area (Å²) in [5, 5.41) is 0. The fraction of sp³-hybridized carbons (Fsp3) is 0.438. The van der Waals surface area contributed by atoms with Crippen LogP contribution in [0.25, 0.3) is 6.08 Å². The van der Waals surface area contributed by atoms with Gasteiger partial charge in [0.25, 0.3) is 0 Å². The number of benzene rings is 1. The lowest BCUT2D eigenvalue weighted by Crippen LogP contribution is -2.30. The standard InChI is InChI=1S/C16H21NO2/c1-19-15-9-5-4-8-14(15)10-11-16(18)17-12-6-2-3-7-13-17/h4-5,8-11H,2-3,6-7,12-13H2,1H3. The van der Waals surface area contributed by atoms with E-state index in [-0.39, 0.29) is 5.91 Å². The van der Waals surface area contributed by atoms with Crippen LogP contribution in [-0.2, 0) is 4.79 Å². The van der Waals surface area contributed by atoms with E-state index in [1.165, 1.54) is 12.8 Å². The number of likely N-dealkylation sites (tertiary alicyclic amines) is 1. The summed E-state index contributed by atoms with van der Waals surface area (Å²) in [6.45, 7) is 1.77. The third-order valence-electron chi connectivity index (χ3n) is 3.46. The first kappa shape index (κ1) is 13.7. The fourth-order valence-corrected chi connectivity index (χ4v) is 2.36. The van der Waals surface area contributed by atoms with E-state index in [4.69, 9.17) is 4.74 Å². The monoisotopic (exact) mass is 259 g/mol. The Bertz CT molecular complexity index is 446. The quantitative estimate of drug-likeness (QED) is 0.781. The van der Waals surface area contributed by atoms with Crippen LogP contribution in [0.2, 0.25) is 0 Å². The lowest BCUT2D eigenvalue weighted by atomic mass is 10.2. The number of amides is 1. The molecular formula is C16H21NO2. The number of rotatable bonds is 3. The Kier molecular flexibility index (Phi) is 5.01. The zero-order chi connectivity index (χ0) is 13.5. The summed E-state index contributed by atoms with van der Waals surface area (Å²) in [7, 11) is 1.64. The van der Waals surface area contributed by atoms with E-state index in [1.54, 1.807) is 13.2 Å². The zero-order valence-electron chi connectivity index (χ0n) is 11.5. The van der Waals surface area contributed by atoms with Gasteiger partial charge in [0.1, 0.15) is 5.75 Å². The Morgan fingerprint density at radius 2 is 1.84 bits per heavy atom. The normalized spacial score (nSPS) is 16.4. The van der Waals surface area contributed by atoms with Crippen LogP contribution < -0.4 is 4.74 Å². The van der Waals surface area contributed by atoms with Crippen molar-refractivity contribution in [2.24, 2.45) is 0 Å². The first-order valence-electron chi connectivity index (χ1n) is 6.91. The number of carbonyl (C=O) groups excluding carboxylic acids is 1. The molecule has 102 valence electrons. The third kappa shape index (κ3) is 3.85. The lowest BCUT2D eigenvalue weighted by Gasteiger charge is -2.18. The van der Waals surface area contributed by atoms with Gasteiger partial charge in [0.2, 0.25) is 5.91 Å². The number of carbonyl (C=O) groups is 1. The summed E-state index contributed by atoms with van der Waals surface area (Å²) in [5.74, 6) is 0.898. The van der Waals surface area contributed by atoms with Crippen molar-refractivity contribution in [3.8, 4) is 5.75 Å². The number of methoxy groups -OCH3 is 1. The van der Waals surface area contributed by atoms with Gasteiger partial charge in [-0.1, -0.05) is 31.0 Å². The second kappa shape index (κ2) is 6.98. The van der Waals surface area contributed by atoms with Crippen molar-refractivity contribution in [2.75, 3.05) is 20.2 Å². The minimum Gasteiger partial charge on any atom is -0.496 e. The van der Waals surface area contributed by atoms with Gasteiger partial charge in [-0.05, 0) is 25.0 Å². The molecule has 1 amide bonds. The number of para-hydroxylation sites is 1. The molecule has 0 unspecified atom stereocenters. The maximum absolute atomic E-state index is 12.1. The van der Waals surface area contributed by atoms with Gasteiger partial charge in [0.15, 0.2) is 0 Å². The number of ether oxygens (including phenoxy) is 1. The Morgan fingerprint density at radius 1 is 1.16 bits per heavy atom. The molecule has 0 radical (unpaired) electrons. The van der Waals surface area contributed by atoms with E-state index in [1.807, 2.05) is 35.2 Å². The molecule has 1 aromatic carbocycles. The molecule has 0 bridgehead atoms. The van der Waals surface area contributed by atoms with E-state index in [0.717, 1.165) is 37.2 Å². The zero-order valence-corrected chi connectivity index (χ0v) is 11.5. The van der Waals surface area contributed by atoms with E-state index < -0.39 is 0 Å². The van der Waals surface area contributed by atoms with Crippen molar-refractivity contribution >= 4 is 12.0 Å². The fourth-order valence-electron chi connectivity index (χ4n) is 2.36. The van der Waals surface area contributed by atoms with Gasteiger partial charge in [-0.2, -0.15) is 0 Å². The van der Waals surface area contributed by atoms with Gasteiger partial charge in [-0.25, -0.2) is 0 Å². The van der Waals surface area contributed by atoms with Crippen molar-refractivity contribution in [3.63, 3.8) is 0 Å². The van der Waals surface area contributed by atoms with Crippen LogP contribution in [0.1, 0.15) is 31.2 Å². The van der Waals surface area contributed by atoms with E-state index in [0.29, 0.717) is 0 Å². The minimum atomic E-state index is 0.104. The minimum absolute atomic E-state index is 0.104. The van der Waals surface area contributed by atoms with Gasteiger partial charge in [-0.3, -0.25) is 4.79 Å². The highest BCUT2D eigenvalue weighted by atomic mass is 16.5. The molecule has 1 heterocycles. The molecule has 2 rings (SSSR count). The van der Waals surface area contributed by atoms with E-state index >= 15 is 0 Å². The van der Waals surface area contributed by atoms with Gasteiger partial charge in [0, 0.05) is 24.7 Å². The summed E-state index contributed by atoms with van der Waals surface area (Å²) >= 11 is 0. The molecule has 3 heteroatoms. The van der Waals surface area contributed by atoms with Crippen LogP contribution in [0, 0.1) is 0 Å². The molecule has 1 aliphatic rings. The number of hydrogen-bond acceptors (Lipinski definition) is 2. The van der Waals surface area contributed by atoms with Gasteiger partial charge >= 0.3 is 0 Å². The molecule has 1 aromatic rings. The SMILES string of the molecule is COc1ccccc1C=CC(=O)N1CCCCCC1. The Hall–Kier alpha value is -1.77. The lowest BCUT2D eigenvalue weighted by molar-refractivity contribution is -0.125. The van der Waals surface area contributed by atoms with Crippen LogP contribution in [-0.4, -0.2) is 31.0 Å². The second-order valence-electron chi connectivity index (χ2n) is 4.81. The summed E-state index contributed by atoms with van der Waals surface area (Å²) in [6.07, 6.45) is 8.21. The molecule has 0 atom stereocenters. The summed E-state index contributed by atoms with van der Waals surface area (Å²) in [5.41, 5.74) is 0.938. The Balaban J connectivity index is 2.02. The Labute approximate surface area is 114 Å². The Morgan fingerprint density at radius 3 is 2.53 bits per heavy atom. The smallest absolute Gasteiger partial charge is 0.246 e. The van der Waals surface area contributed by atoms with E-state index in [2.05, 4.69) is 0 Å². The van der Waals surface area contributed by atoms with Crippen LogP contribution in [0.4, 0.5) is 0 Å². The van der Waals surface area contributed by atoms with Crippen molar-refractivity contribution < 1.29 is 9.53 Å². The summed E-state index contributed by atoms with van der Waals surface area (Å²) in [6, 6.07) is 7.71. The third-order valence-corrected chi connectivity index (χ3v) is 3.46. The highest BCUT2D eigenvalue weighted by Gasteiger charge is 2.12. The molecule has 0 aromatic heterocycles. The molecule has 0 spiro atoms. The maximum atomic E-state index is 12.1. The van der Waals surface area contributed by atoms with Crippen LogP contribution in [0.15, 0.2) is 30.3 Å². The summed E-state index contributed by atoms with van der Waals surface area (Å²) < 4.78 is 5.27. The molecule has 0 N–H and O–H groups in total. The van der Waals surface area contributed by atoms with E-state index in [9.17, 15) is 4.79 Å². The first-order chi connectivity index (χ1) is 9.31. The van der Waals surface area contributed by atoms with Crippen molar-refractivity contribution in [2.45, 2.75) is 25.7 Å². The molecule has 19 heavy (non-hydrogen) atoms. The average molecular weight is 259 g/mol. The average Bonchev–Trinajstić information content (AvgIpc) is 2.74. The highest BCUT2D eigenvalue weighted by Crippen LogP contribution is 2.19. The van der Waals surface area contributed by atoms with Gasteiger partial charge < -0.3 is 9.64 Å². The highest BCUT2D eigenvalue weighted by molar-refractivity contribution is 5.92. The molecule has 0 saturated carbocycles. The summed E-state index contributed by atoms with van der Waals surface area (Å²) in [4.78, 5) is 14.1. The topological polar surface area (TPSA) is 29.5 Å². The van der Waals surface area contributed by atoms with Crippen LogP contribution in [0.3, 0.4) is 0 Å². The molecule has 1 aliphatic heterocycles. The predicted octanol–water partition coefficient (Wildman–Crippen LogP) is 3.11. The van der Waals surface area contributed by atoms with Crippen LogP contribution in [0.5, 0.6) is 5.75 Å². The van der Waals surface area contributed by atoms with Crippen LogP contribution >= 0.6 is 0 Å². The number of hydrogen-bond donors (Lipinski definition) is 0. The second-order valence-corrected chi connectivity index (χ2v) is 4.81.